The normalized spacial score (nSPS) is 19.9. The Kier molecular flexibility index (Phi) is 5.83. The second-order valence-electron chi connectivity index (χ2n) is 7.81. The van der Waals surface area contributed by atoms with Gasteiger partial charge in [-0.3, -0.25) is 9.59 Å². The fourth-order valence-electron chi connectivity index (χ4n) is 4.26. The molecule has 1 saturated heterocycles. The van der Waals surface area contributed by atoms with E-state index >= 15 is 0 Å². The number of ether oxygens (including phenoxy) is 1. The lowest BCUT2D eigenvalue weighted by Crippen LogP contribution is -2.49. The van der Waals surface area contributed by atoms with Crippen molar-refractivity contribution in [3.05, 3.63) is 36.0 Å². The van der Waals surface area contributed by atoms with Gasteiger partial charge in [0.05, 0.1) is 7.11 Å². The first-order valence-corrected chi connectivity index (χ1v) is 10.4. The van der Waals surface area contributed by atoms with Gasteiger partial charge in [-0.2, -0.15) is 0 Å². The average molecular weight is 397 g/mol. The summed E-state index contributed by atoms with van der Waals surface area (Å²) in [5.41, 5.74) is 1.00. The highest BCUT2D eigenvalue weighted by molar-refractivity contribution is 5.97. The summed E-state index contributed by atoms with van der Waals surface area (Å²) >= 11 is 0. The molecule has 0 unspecified atom stereocenters. The zero-order valence-electron chi connectivity index (χ0n) is 16.7. The highest BCUT2D eigenvalue weighted by Crippen LogP contribution is 2.27. The molecule has 1 aliphatic heterocycles. The van der Waals surface area contributed by atoms with Gasteiger partial charge < -0.3 is 19.5 Å². The molecule has 1 N–H and O–H groups in total. The molecule has 1 saturated carbocycles. The second kappa shape index (κ2) is 8.68. The largest absolute Gasteiger partial charge is 0.497 e. The van der Waals surface area contributed by atoms with Crippen LogP contribution in [-0.2, 0) is 4.79 Å². The van der Waals surface area contributed by atoms with Crippen LogP contribution in [0.2, 0.25) is 0 Å². The van der Waals surface area contributed by atoms with Gasteiger partial charge in [-0.1, -0.05) is 36.6 Å². The Hall–Kier alpha value is -2.83. The summed E-state index contributed by atoms with van der Waals surface area (Å²) in [5.74, 6) is 0.892. The lowest BCUT2D eigenvalue weighted by molar-refractivity contribution is -0.125. The Balaban J connectivity index is 1.45. The van der Waals surface area contributed by atoms with Crippen molar-refractivity contribution in [2.24, 2.45) is 0 Å². The van der Waals surface area contributed by atoms with E-state index in [4.69, 9.17) is 9.26 Å². The molecule has 29 heavy (non-hydrogen) atoms. The number of nitrogens with one attached hydrogen (secondary N) is 1. The van der Waals surface area contributed by atoms with Crippen LogP contribution >= 0.6 is 0 Å². The predicted octanol–water partition coefficient (Wildman–Crippen LogP) is 3.40. The van der Waals surface area contributed by atoms with Crippen molar-refractivity contribution in [3.63, 3.8) is 0 Å². The van der Waals surface area contributed by atoms with Gasteiger partial charge in [0.1, 0.15) is 11.8 Å². The molecular weight excluding hydrogens is 370 g/mol. The second-order valence-corrected chi connectivity index (χ2v) is 7.81. The number of likely N-dealkylation sites (tertiary alicyclic amines) is 1. The van der Waals surface area contributed by atoms with E-state index in [1.54, 1.807) is 18.1 Å². The smallest absolute Gasteiger partial charge is 0.276 e. The molecule has 2 heterocycles. The Bertz CT molecular complexity index is 872. The third-order valence-corrected chi connectivity index (χ3v) is 5.85. The van der Waals surface area contributed by atoms with Crippen molar-refractivity contribution < 1.29 is 18.8 Å². The molecule has 1 atom stereocenters. The summed E-state index contributed by atoms with van der Waals surface area (Å²) in [6.07, 6.45) is 7.11. The fraction of sp³-hybridized carbons (Fsp3) is 0.500. The van der Waals surface area contributed by atoms with Crippen LogP contribution in [0.5, 0.6) is 5.75 Å². The van der Waals surface area contributed by atoms with Gasteiger partial charge in [-0.15, -0.1) is 0 Å². The van der Waals surface area contributed by atoms with Crippen LogP contribution in [0, 0.1) is 0 Å². The minimum absolute atomic E-state index is 0.0423. The summed E-state index contributed by atoms with van der Waals surface area (Å²) in [7, 11) is 1.60. The number of hydrogen-bond acceptors (Lipinski definition) is 5. The van der Waals surface area contributed by atoms with Crippen LogP contribution in [0.3, 0.4) is 0 Å². The number of hydrogen-bond donors (Lipinski definition) is 1. The SMILES string of the molecule is COc1cccc(-c2cc(C(=O)N3CCC[C@@H]3C(=O)NC3CCCCC3)no2)c1. The number of amides is 2. The molecule has 7 heteroatoms. The van der Waals surface area contributed by atoms with Gasteiger partial charge >= 0.3 is 0 Å². The van der Waals surface area contributed by atoms with Crippen molar-refractivity contribution in [2.45, 2.75) is 57.0 Å². The first kappa shape index (κ1) is 19.5. The lowest BCUT2D eigenvalue weighted by atomic mass is 9.95. The minimum Gasteiger partial charge on any atom is -0.497 e. The third kappa shape index (κ3) is 4.28. The lowest BCUT2D eigenvalue weighted by Gasteiger charge is -2.27. The number of aromatic nitrogens is 1. The third-order valence-electron chi connectivity index (χ3n) is 5.85. The molecule has 4 rings (SSSR count). The summed E-state index contributed by atoms with van der Waals surface area (Å²) in [4.78, 5) is 27.4. The molecule has 7 nitrogen and oxygen atoms in total. The molecule has 1 aliphatic carbocycles. The van der Waals surface area contributed by atoms with Crippen LogP contribution in [-0.4, -0.2) is 47.6 Å². The van der Waals surface area contributed by atoms with E-state index in [0.717, 1.165) is 37.7 Å². The molecule has 2 aromatic rings. The van der Waals surface area contributed by atoms with Gasteiger partial charge in [0.2, 0.25) is 5.91 Å². The minimum atomic E-state index is -0.429. The van der Waals surface area contributed by atoms with Crippen molar-refractivity contribution in [1.29, 1.82) is 0 Å². The summed E-state index contributed by atoms with van der Waals surface area (Å²) in [6.45, 7) is 0.558. The van der Waals surface area contributed by atoms with Crippen molar-refractivity contribution in [3.8, 4) is 17.1 Å². The van der Waals surface area contributed by atoms with Crippen LogP contribution < -0.4 is 10.1 Å². The molecule has 154 valence electrons. The van der Waals surface area contributed by atoms with E-state index in [-0.39, 0.29) is 23.6 Å². The molecule has 1 aromatic heterocycles. The molecule has 0 radical (unpaired) electrons. The zero-order chi connectivity index (χ0) is 20.2. The standard InChI is InChI=1S/C22H27N3O4/c1-28-17-10-5-7-15(13-17)20-14-18(24-29-20)22(27)25-12-6-11-19(25)21(26)23-16-8-3-2-4-9-16/h5,7,10,13-14,16,19H,2-4,6,8-9,11-12H2,1H3,(H,23,26)/t19-/m1/s1. The number of benzene rings is 1. The van der Waals surface area contributed by atoms with E-state index in [1.807, 2.05) is 24.3 Å². The van der Waals surface area contributed by atoms with Crippen LogP contribution in [0.25, 0.3) is 11.3 Å². The van der Waals surface area contributed by atoms with E-state index in [2.05, 4.69) is 10.5 Å². The number of carbonyl (C=O) groups excluding carboxylic acids is 2. The Morgan fingerprint density at radius 1 is 1.14 bits per heavy atom. The van der Waals surface area contributed by atoms with Crippen LogP contribution in [0.4, 0.5) is 0 Å². The van der Waals surface area contributed by atoms with Gasteiger partial charge in [0.25, 0.3) is 5.91 Å². The maximum absolute atomic E-state index is 13.0. The summed E-state index contributed by atoms with van der Waals surface area (Å²) < 4.78 is 10.6. The molecule has 2 amide bonds. The Labute approximate surface area is 170 Å². The number of carbonyl (C=O) groups is 2. The first-order chi connectivity index (χ1) is 14.2. The zero-order valence-corrected chi connectivity index (χ0v) is 16.7. The fourth-order valence-corrected chi connectivity index (χ4v) is 4.26. The maximum atomic E-state index is 13.0. The quantitative estimate of drug-likeness (QED) is 0.836. The average Bonchev–Trinajstić information content (AvgIpc) is 3.44. The highest BCUT2D eigenvalue weighted by Gasteiger charge is 2.36. The van der Waals surface area contributed by atoms with Gasteiger partial charge in [-0.25, -0.2) is 0 Å². The van der Waals surface area contributed by atoms with E-state index in [0.29, 0.717) is 24.5 Å². The predicted molar refractivity (Wildman–Crippen MR) is 108 cm³/mol. The molecule has 1 aromatic carbocycles. The molecule has 0 bridgehead atoms. The number of methoxy groups -OCH3 is 1. The highest BCUT2D eigenvalue weighted by atomic mass is 16.5. The summed E-state index contributed by atoms with van der Waals surface area (Å²) in [5, 5.41) is 7.11. The van der Waals surface area contributed by atoms with E-state index < -0.39 is 6.04 Å². The topological polar surface area (TPSA) is 84.7 Å². The van der Waals surface area contributed by atoms with Gasteiger partial charge in [0.15, 0.2) is 11.5 Å². The van der Waals surface area contributed by atoms with Crippen LogP contribution in [0.15, 0.2) is 34.9 Å². The first-order valence-electron chi connectivity index (χ1n) is 10.4. The van der Waals surface area contributed by atoms with Crippen molar-refractivity contribution >= 4 is 11.8 Å². The van der Waals surface area contributed by atoms with Crippen LogP contribution in [0.1, 0.15) is 55.4 Å². The van der Waals surface area contributed by atoms with Gasteiger partial charge in [-0.05, 0) is 37.8 Å². The Morgan fingerprint density at radius 3 is 2.76 bits per heavy atom. The monoisotopic (exact) mass is 397 g/mol. The molecule has 2 fully saturated rings. The molecule has 2 aliphatic rings. The summed E-state index contributed by atoms with van der Waals surface area (Å²) in [6, 6.07) is 8.82. The molecular formula is C22H27N3O4. The number of rotatable bonds is 5. The van der Waals surface area contributed by atoms with Crippen molar-refractivity contribution in [1.82, 2.24) is 15.4 Å². The Morgan fingerprint density at radius 2 is 1.97 bits per heavy atom. The molecule has 0 spiro atoms. The van der Waals surface area contributed by atoms with Crippen molar-refractivity contribution in [2.75, 3.05) is 13.7 Å². The maximum Gasteiger partial charge on any atom is 0.276 e. The van der Waals surface area contributed by atoms with E-state index in [9.17, 15) is 9.59 Å². The van der Waals surface area contributed by atoms with Gasteiger partial charge in [0, 0.05) is 24.2 Å². The van der Waals surface area contributed by atoms with E-state index in [1.165, 1.54) is 6.42 Å². The number of nitrogens with zero attached hydrogens (tertiary/aromatic N) is 2.